The van der Waals surface area contributed by atoms with E-state index in [0.29, 0.717) is 5.76 Å². The topological polar surface area (TPSA) is 116 Å². The SMILES string of the molecule is O=C(CN1C(=O)c2ccccc2C1=O)OCc1nnc(-c2ccco2)o1. The zero-order valence-electron chi connectivity index (χ0n) is 13.2. The maximum Gasteiger partial charge on any atom is 0.326 e. The number of esters is 1. The smallest absolute Gasteiger partial charge is 0.326 e. The molecule has 0 spiro atoms. The summed E-state index contributed by atoms with van der Waals surface area (Å²) in [5, 5.41) is 7.51. The van der Waals surface area contributed by atoms with Crippen LogP contribution in [0, 0.1) is 0 Å². The third kappa shape index (κ3) is 2.75. The van der Waals surface area contributed by atoms with E-state index in [-0.39, 0.29) is 29.5 Å². The monoisotopic (exact) mass is 353 g/mol. The lowest BCUT2D eigenvalue weighted by atomic mass is 10.1. The van der Waals surface area contributed by atoms with E-state index in [0.717, 1.165) is 4.90 Å². The molecule has 3 heterocycles. The summed E-state index contributed by atoms with van der Waals surface area (Å²) in [6, 6.07) is 9.69. The molecule has 2 amide bonds. The minimum Gasteiger partial charge on any atom is -0.459 e. The first-order valence-corrected chi connectivity index (χ1v) is 7.60. The summed E-state index contributed by atoms with van der Waals surface area (Å²) in [6.07, 6.45) is 1.46. The molecule has 1 aromatic carbocycles. The van der Waals surface area contributed by atoms with Crippen molar-refractivity contribution in [3.63, 3.8) is 0 Å². The molecule has 0 atom stereocenters. The van der Waals surface area contributed by atoms with Crippen LogP contribution in [0.15, 0.2) is 51.5 Å². The van der Waals surface area contributed by atoms with E-state index < -0.39 is 24.3 Å². The molecule has 1 aliphatic rings. The van der Waals surface area contributed by atoms with Crippen molar-refractivity contribution in [2.24, 2.45) is 0 Å². The molecule has 1 aliphatic heterocycles. The fourth-order valence-electron chi connectivity index (χ4n) is 2.51. The molecule has 9 nitrogen and oxygen atoms in total. The highest BCUT2D eigenvalue weighted by Crippen LogP contribution is 2.22. The Hall–Kier alpha value is -3.75. The number of amides is 2. The minimum absolute atomic E-state index is 0.0621. The van der Waals surface area contributed by atoms with Gasteiger partial charge in [0, 0.05) is 0 Å². The summed E-state index contributed by atoms with van der Waals surface area (Å²) in [6.45, 7) is -0.777. The molecule has 26 heavy (non-hydrogen) atoms. The van der Waals surface area contributed by atoms with Gasteiger partial charge >= 0.3 is 5.97 Å². The number of fused-ring (bicyclic) bond motifs is 1. The number of carbonyl (C=O) groups excluding carboxylic acids is 3. The lowest BCUT2D eigenvalue weighted by Gasteiger charge is -2.12. The molecule has 0 radical (unpaired) electrons. The number of hydrogen-bond acceptors (Lipinski definition) is 8. The number of ether oxygens (including phenoxy) is 1. The van der Waals surface area contributed by atoms with Gasteiger partial charge in [-0.25, -0.2) is 0 Å². The van der Waals surface area contributed by atoms with Gasteiger partial charge in [-0.1, -0.05) is 12.1 Å². The van der Waals surface area contributed by atoms with E-state index in [2.05, 4.69) is 10.2 Å². The summed E-state index contributed by atoms with van der Waals surface area (Å²) in [7, 11) is 0. The average Bonchev–Trinajstić information content (AvgIpc) is 3.38. The van der Waals surface area contributed by atoms with E-state index in [4.69, 9.17) is 13.6 Å². The second-order valence-electron chi connectivity index (χ2n) is 5.38. The van der Waals surface area contributed by atoms with E-state index in [1.807, 2.05) is 0 Å². The first kappa shape index (κ1) is 15.8. The first-order chi connectivity index (χ1) is 12.6. The first-order valence-electron chi connectivity index (χ1n) is 7.60. The predicted octanol–water partition coefficient (Wildman–Crippen LogP) is 1.67. The van der Waals surface area contributed by atoms with Gasteiger partial charge in [-0.2, -0.15) is 0 Å². The Labute approximate surface area is 146 Å². The third-order valence-corrected chi connectivity index (χ3v) is 3.72. The Morgan fingerprint density at radius 2 is 1.77 bits per heavy atom. The summed E-state index contributed by atoms with van der Waals surface area (Å²) in [5.74, 6) is -1.22. The van der Waals surface area contributed by atoms with E-state index in [9.17, 15) is 14.4 Å². The standard InChI is InChI=1S/C17H11N3O6/c21-14(8-20-16(22)10-4-1-2-5-11(10)17(20)23)25-9-13-18-19-15(26-13)12-6-3-7-24-12/h1-7H,8-9H2. The molecule has 9 heteroatoms. The molecule has 0 unspecified atom stereocenters. The lowest BCUT2D eigenvalue weighted by molar-refractivity contribution is -0.145. The molecule has 0 fully saturated rings. The van der Waals surface area contributed by atoms with Crippen LogP contribution in [0.4, 0.5) is 0 Å². The highest BCUT2D eigenvalue weighted by atomic mass is 16.5. The number of rotatable bonds is 5. The zero-order chi connectivity index (χ0) is 18.1. The van der Waals surface area contributed by atoms with E-state index in [1.54, 1.807) is 24.3 Å². The van der Waals surface area contributed by atoms with Crippen molar-refractivity contribution >= 4 is 17.8 Å². The molecule has 0 saturated heterocycles. The van der Waals surface area contributed by atoms with Gasteiger partial charge in [-0.15, -0.1) is 10.2 Å². The molecular weight excluding hydrogens is 342 g/mol. The van der Waals surface area contributed by atoms with Gasteiger partial charge in [-0.05, 0) is 24.3 Å². The van der Waals surface area contributed by atoms with Crippen molar-refractivity contribution in [2.45, 2.75) is 6.61 Å². The van der Waals surface area contributed by atoms with Crippen LogP contribution in [0.5, 0.6) is 0 Å². The van der Waals surface area contributed by atoms with Gasteiger partial charge < -0.3 is 13.6 Å². The number of carbonyl (C=O) groups is 3. The van der Waals surface area contributed by atoms with E-state index in [1.165, 1.54) is 18.4 Å². The molecule has 3 aromatic rings. The van der Waals surface area contributed by atoms with Crippen LogP contribution < -0.4 is 0 Å². The number of nitrogens with zero attached hydrogens (tertiary/aromatic N) is 3. The maximum atomic E-state index is 12.2. The summed E-state index contributed by atoms with van der Waals surface area (Å²) >= 11 is 0. The Morgan fingerprint density at radius 3 is 2.42 bits per heavy atom. The molecule has 0 bridgehead atoms. The van der Waals surface area contributed by atoms with Crippen LogP contribution in [-0.4, -0.2) is 39.4 Å². The number of furan rings is 1. The van der Waals surface area contributed by atoms with E-state index >= 15 is 0 Å². The molecule has 0 aliphatic carbocycles. The van der Waals surface area contributed by atoms with Crippen molar-refractivity contribution in [3.05, 3.63) is 59.7 Å². The summed E-state index contributed by atoms with van der Waals surface area (Å²) in [4.78, 5) is 37.2. The number of benzene rings is 1. The second-order valence-corrected chi connectivity index (χ2v) is 5.38. The Bertz CT molecular complexity index is 957. The Kier molecular flexibility index (Phi) is 3.81. The quantitative estimate of drug-likeness (QED) is 0.502. The average molecular weight is 353 g/mol. The van der Waals surface area contributed by atoms with Crippen LogP contribution in [0.1, 0.15) is 26.6 Å². The second kappa shape index (κ2) is 6.28. The van der Waals surface area contributed by atoms with Gasteiger partial charge in [0.15, 0.2) is 12.4 Å². The van der Waals surface area contributed by atoms with Crippen LogP contribution >= 0.6 is 0 Å². The van der Waals surface area contributed by atoms with Gasteiger partial charge in [-0.3, -0.25) is 19.3 Å². The zero-order valence-corrected chi connectivity index (χ0v) is 13.2. The molecule has 130 valence electrons. The van der Waals surface area contributed by atoms with Crippen LogP contribution in [-0.2, 0) is 16.1 Å². The van der Waals surface area contributed by atoms with Gasteiger partial charge in [0.2, 0.25) is 0 Å². The lowest BCUT2D eigenvalue weighted by Crippen LogP contribution is -2.35. The number of imide groups is 1. The summed E-state index contributed by atoms with van der Waals surface area (Å²) in [5.41, 5.74) is 0.538. The van der Waals surface area contributed by atoms with Crippen molar-refractivity contribution < 1.29 is 28.0 Å². The molecular formula is C17H11N3O6. The fraction of sp³-hybridized carbons (Fsp3) is 0.118. The largest absolute Gasteiger partial charge is 0.459 e. The van der Waals surface area contributed by atoms with Gasteiger partial charge in [0.05, 0.1) is 17.4 Å². The van der Waals surface area contributed by atoms with Crippen LogP contribution in [0.2, 0.25) is 0 Å². The highest BCUT2D eigenvalue weighted by Gasteiger charge is 2.36. The highest BCUT2D eigenvalue weighted by molar-refractivity contribution is 6.22. The fourth-order valence-corrected chi connectivity index (χ4v) is 2.51. The Balaban J connectivity index is 1.37. The molecule has 0 saturated carbocycles. The molecule has 0 N–H and O–H groups in total. The van der Waals surface area contributed by atoms with Crippen LogP contribution in [0.25, 0.3) is 11.7 Å². The molecule has 4 rings (SSSR count). The van der Waals surface area contributed by atoms with Crippen LogP contribution in [0.3, 0.4) is 0 Å². The van der Waals surface area contributed by atoms with Gasteiger partial charge in [0.25, 0.3) is 23.6 Å². The third-order valence-electron chi connectivity index (χ3n) is 3.72. The van der Waals surface area contributed by atoms with Gasteiger partial charge in [0.1, 0.15) is 6.54 Å². The normalized spacial score (nSPS) is 13.2. The number of aromatic nitrogens is 2. The number of hydrogen-bond donors (Lipinski definition) is 0. The Morgan fingerprint density at radius 1 is 1.04 bits per heavy atom. The summed E-state index contributed by atoms with van der Waals surface area (Å²) < 4.78 is 15.4. The van der Waals surface area contributed by atoms with Crippen molar-refractivity contribution in [2.75, 3.05) is 6.54 Å². The predicted molar refractivity (Wildman–Crippen MR) is 83.6 cm³/mol. The van der Waals surface area contributed by atoms with Crippen molar-refractivity contribution in [1.82, 2.24) is 15.1 Å². The maximum absolute atomic E-state index is 12.2. The molecule has 2 aromatic heterocycles. The van der Waals surface area contributed by atoms with Crippen molar-refractivity contribution in [3.8, 4) is 11.7 Å². The van der Waals surface area contributed by atoms with Crippen molar-refractivity contribution in [1.29, 1.82) is 0 Å². The minimum atomic E-state index is -0.766.